The third-order valence-electron chi connectivity index (χ3n) is 3.68. The molecule has 1 saturated heterocycles. The molecule has 1 amide bonds. The van der Waals surface area contributed by atoms with Crippen LogP contribution in [0.25, 0.3) is 0 Å². The van der Waals surface area contributed by atoms with Crippen LogP contribution in [-0.4, -0.2) is 68.5 Å². The Morgan fingerprint density at radius 1 is 1.35 bits per heavy atom. The third-order valence-corrected chi connectivity index (χ3v) is 5.28. The molecule has 1 aliphatic rings. The van der Waals surface area contributed by atoms with Crippen LogP contribution in [0, 0.1) is 6.92 Å². The molecule has 0 saturated carbocycles. The van der Waals surface area contributed by atoms with Gasteiger partial charge in [-0.3, -0.25) is 9.69 Å². The molecule has 23 heavy (non-hydrogen) atoms. The molecule has 1 fully saturated rings. The summed E-state index contributed by atoms with van der Waals surface area (Å²) in [5.74, 6) is 0.494. The number of hydrogen-bond donors (Lipinski definition) is 1. The Kier molecular flexibility index (Phi) is 5.95. The van der Waals surface area contributed by atoms with Gasteiger partial charge in [0.1, 0.15) is 5.56 Å². The first kappa shape index (κ1) is 17.7. The van der Waals surface area contributed by atoms with Gasteiger partial charge in [0.15, 0.2) is 9.84 Å². The Morgan fingerprint density at radius 2 is 2.04 bits per heavy atom. The van der Waals surface area contributed by atoms with Crippen molar-refractivity contribution in [2.75, 3.05) is 44.3 Å². The lowest BCUT2D eigenvalue weighted by Gasteiger charge is -2.26. The van der Waals surface area contributed by atoms with Crippen LogP contribution in [0.15, 0.2) is 12.1 Å². The van der Waals surface area contributed by atoms with Crippen LogP contribution in [-0.2, 0) is 9.84 Å². The highest BCUT2D eigenvalue weighted by Crippen LogP contribution is 2.16. The lowest BCUT2D eigenvalue weighted by atomic mass is 10.2. The summed E-state index contributed by atoms with van der Waals surface area (Å²) < 4.78 is 28.2. The van der Waals surface area contributed by atoms with Gasteiger partial charge in [-0.05, 0) is 26.0 Å². The van der Waals surface area contributed by atoms with Crippen molar-refractivity contribution in [3.8, 4) is 5.88 Å². The van der Waals surface area contributed by atoms with Gasteiger partial charge in [0.05, 0.1) is 18.1 Å². The van der Waals surface area contributed by atoms with Gasteiger partial charge in [-0.25, -0.2) is 13.4 Å². The maximum absolute atomic E-state index is 12.3. The number of rotatable bonds is 6. The van der Waals surface area contributed by atoms with E-state index < -0.39 is 9.84 Å². The highest BCUT2D eigenvalue weighted by atomic mass is 32.2. The van der Waals surface area contributed by atoms with E-state index in [1.54, 1.807) is 12.1 Å². The summed E-state index contributed by atoms with van der Waals surface area (Å²) in [5.41, 5.74) is 1.21. The smallest absolute Gasteiger partial charge is 0.256 e. The molecule has 1 N–H and O–H groups in total. The second-order valence-corrected chi connectivity index (χ2v) is 7.79. The summed E-state index contributed by atoms with van der Waals surface area (Å²) in [7, 11) is -2.87. The van der Waals surface area contributed by atoms with E-state index in [2.05, 4.69) is 10.3 Å². The predicted octanol–water partition coefficient (Wildman–Crippen LogP) is 0.249. The second kappa shape index (κ2) is 7.74. The number of nitrogens with one attached hydrogen (secondary N) is 1. The third kappa shape index (κ3) is 5.18. The summed E-state index contributed by atoms with van der Waals surface area (Å²) in [6.07, 6.45) is 0. The Labute approximate surface area is 137 Å². The first-order valence-corrected chi connectivity index (χ1v) is 9.55. The van der Waals surface area contributed by atoms with Crippen LogP contribution in [0.2, 0.25) is 0 Å². The molecule has 2 rings (SSSR count). The van der Waals surface area contributed by atoms with Gasteiger partial charge >= 0.3 is 0 Å². The van der Waals surface area contributed by atoms with Gasteiger partial charge < -0.3 is 10.1 Å². The van der Waals surface area contributed by atoms with Crippen LogP contribution in [0.4, 0.5) is 0 Å². The normalized spacial score (nSPS) is 17.7. The molecule has 0 unspecified atom stereocenters. The van der Waals surface area contributed by atoms with Gasteiger partial charge in [0.2, 0.25) is 5.88 Å². The SMILES string of the molecule is CCOc1nc(C)ccc1C(=O)NCCN1CCS(=O)(=O)CC1. The molecule has 0 spiro atoms. The van der Waals surface area contributed by atoms with Gasteiger partial charge in [-0.2, -0.15) is 0 Å². The summed E-state index contributed by atoms with van der Waals surface area (Å²) in [6.45, 7) is 6.26. The molecule has 0 aliphatic carbocycles. The van der Waals surface area contributed by atoms with Gasteiger partial charge in [0, 0.05) is 31.9 Å². The molecule has 128 valence electrons. The monoisotopic (exact) mass is 341 g/mol. The minimum Gasteiger partial charge on any atom is -0.477 e. The number of carbonyl (C=O) groups is 1. The average molecular weight is 341 g/mol. The second-order valence-electron chi connectivity index (χ2n) is 5.49. The highest BCUT2D eigenvalue weighted by molar-refractivity contribution is 7.91. The van der Waals surface area contributed by atoms with Gasteiger partial charge in [-0.15, -0.1) is 0 Å². The van der Waals surface area contributed by atoms with Crippen molar-refractivity contribution in [3.63, 3.8) is 0 Å². The molecule has 1 aromatic heterocycles. The zero-order valence-corrected chi connectivity index (χ0v) is 14.4. The molecule has 0 bridgehead atoms. The molecule has 0 aromatic carbocycles. The van der Waals surface area contributed by atoms with Crippen LogP contribution in [0.5, 0.6) is 5.88 Å². The maximum atomic E-state index is 12.3. The minimum absolute atomic E-state index is 0.192. The zero-order valence-electron chi connectivity index (χ0n) is 13.5. The molecular formula is C15H23N3O4S. The Hall–Kier alpha value is -1.67. The molecule has 0 radical (unpaired) electrons. The van der Waals surface area contributed by atoms with Crippen LogP contribution in [0.3, 0.4) is 0 Å². The summed E-state index contributed by atoms with van der Waals surface area (Å²) in [6, 6.07) is 3.48. The molecule has 0 atom stereocenters. The Morgan fingerprint density at radius 3 is 2.70 bits per heavy atom. The van der Waals surface area contributed by atoms with Crippen molar-refractivity contribution >= 4 is 15.7 Å². The predicted molar refractivity (Wildman–Crippen MR) is 87.6 cm³/mol. The number of ether oxygens (including phenoxy) is 1. The molecule has 8 heteroatoms. The Bertz CT molecular complexity index is 647. The van der Waals surface area contributed by atoms with Crippen molar-refractivity contribution in [1.82, 2.24) is 15.2 Å². The first-order valence-electron chi connectivity index (χ1n) is 7.72. The summed E-state index contributed by atoms with van der Waals surface area (Å²) >= 11 is 0. The van der Waals surface area contributed by atoms with E-state index in [1.165, 1.54) is 0 Å². The molecule has 1 aromatic rings. The van der Waals surface area contributed by atoms with E-state index in [4.69, 9.17) is 4.74 Å². The minimum atomic E-state index is -2.87. The fourth-order valence-electron chi connectivity index (χ4n) is 2.35. The number of hydrogen-bond acceptors (Lipinski definition) is 6. The standard InChI is InChI=1S/C15H23N3O4S/c1-3-22-15-13(5-4-12(2)17-15)14(19)16-6-7-18-8-10-23(20,21)11-9-18/h4-5H,3,6-11H2,1-2H3,(H,16,19). The summed E-state index contributed by atoms with van der Waals surface area (Å²) in [5, 5.41) is 2.84. The zero-order chi connectivity index (χ0) is 16.9. The number of aryl methyl sites for hydroxylation is 1. The van der Waals surface area contributed by atoms with Gasteiger partial charge in [0.25, 0.3) is 5.91 Å². The number of nitrogens with zero attached hydrogens (tertiary/aromatic N) is 2. The number of carbonyl (C=O) groups excluding carboxylic acids is 1. The number of aromatic nitrogens is 1. The first-order chi connectivity index (χ1) is 10.9. The van der Waals surface area contributed by atoms with E-state index in [0.717, 1.165) is 5.69 Å². The van der Waals surface area contributed by atoms with Gasteiger partial charge in [-0.1, -0.05) is 0 Å². The van der Waals surface area contributed by atoms with E-state index in [9.17, 15) is 13.2 Å². The Balaban J connectivity index is 1.86. The maximum Gasteiger partial charge on any atom is 0.256 e. The topological polar surface area (TPSA) is 88.6 Å². The largest absolute Gasteiger partial charge is 0.477 e. The quantitative estimate of drug-likeness (QED) is 0.798. The lowest BCUT2D eigenvalue weighted by molar-refractivity contribution is 0.0944. The van der Waals surface area contributed by atoms with Crippen molar-refractivity contribution in [2.45, 2.75) is 13.8 Å². The van der Waals surface area contributed by atoms with E-state index in [-0.39, 0.29) is 17.4 Å². The van der Waals surface area contributed by atoms with Crippen molar-refractivity contribution in [3.05, 3.63) is 23.4 Å². The average Bonchev–Trinajstić information content (AvgIpc) is 2.49. The van der Waals surface area contributed by atoms with Crippen molar-refractivity contribution in [2.24, 2.45) is 0 Å². The van der Waals surface area contributed by atoms with Crippen LogP contribution >= 0.6 is 0 Å². The molecule has 7 nitrogen and oxygen atoms in total. The molecule has 1 aliphatic heterocycles. The van der Waals surface area contributed by atoms with Crippen LogP contribution in [0.1, 0.15) is 23.0 Å². The lowest BCUT2D eigenvalue weighted by Crippen LogP contribution is -2.43. The van der Waals surface area contributed by atoms with E-state index >= 15 is 0 Å². The molecular weight excluding hydrogens is 318 g/mol. The van der Waals surface area contributed by atoms with E-state index in [0.29, 0.717) is 44.2 Å². The number of sulfone groups is 1. The van der Waals surface area contributed by atoms with Crippen LogP contribution < -0.4 is 10.1 Å². The van der Waals surface area contributed by atoms with Crippen molar-refractivity contribution in [1.29, 1.82) is 0 Å². The number of amides is 1. The number of pyridine rings is 1. The van der Waals surface area contributed by atoms with Crippen molar-refractivity contribution < 1.29 is 17.9 Å². The fourth-order valence-corrected chi connectivity index (χ4v) is 3.63. The fraction of sp³-hybridized carbons (Fsp3) is 0.600. The van der Waals surface area contributed by atoms with E-state index in [1.807, 2.05) is 18.7 Å². The summed E-state index contributed by atoms with van der Waals surface area (Å²) in [4.78, 5) is 18.5. The molecule has 2 heterocycles. The highest BCUT2D eigenvalue weighted by Gasteiger charge is 2.21.